The molecule has 1 atom stereocenters. The lowest BCUT2D eigenvalue weighted by Crippen LogP contribution is -2.34. The van der Waals surface area contributed by atoms with E-state index in [4.69, 9.17) is 14.6 Å². The number of hydrogen-bond donors (Lipinski definition) is 2. The summed E-state index contributed by atoms with van der Waals surface area (Å²) in [4.78, 5) is 11.0. The summed E-state index contributed by atoms with van der Waals surface area (Å²) in [5, 5.41) is 20.1. The number of aliphatic hydroxyl groups is 1. The van der Waals surface area contributed by atoms with Gasteiger partial charge in [0.05, 0.1) is 18.3 Å². The van der Waals surface area contributed by atoms with E-state index in [1.165, 1.54) is 11.1 Å². The van der Waals surface area contributed by atoms with Crippen molar-refractivity contribution in [2.24, 2.45) is 0 Å². The molecule has 2 aromatic rings. The predicted molar refractivity (Wildman–Crippen MR) is 131 cm³/mol. The van der Waals surface area contributed by atoms with Crippen LogP contribution >= 0.6 is 0 Å². The quantitative estimate of drug-likeness (QED) is 0.464. The number of fused-ring (bicyclic) bond motifs is 1. The van der Waals surface area contributed by atoms with E-state index in [9.17, 15) is 9.90 Å². The molecule has 1 aliphatic rings. The van der Waals surface area contributed by atoms with Gasteiger partial charge in [-0.1, -0.05) is 58.0 Å². The van der Waals surface area contributed by atoms with Crippen molar-refractivity contribution >= 4 is 12.0 Å². The lowest BCUT2D eigenvalue weighted by atomic mass is 9.62. The second-order valence-electron chi connectivity index (χ2n) is 9.99. The fraction of sp³-hybridized carbons (Fsp3) is 0.464. The van der Waals surface area contributed by atoms with Crippen molar-refractivity contribution in [3.63, 3.8) is 0 Å². The molecule has 2 aromatic carbocycles. The summed E-state index contributed by atoms with van der Waals surface area (Å²) < 4.78 is 11.7. The number of ether oxygens (including phenoxy) is 2. The molecule has 0 radical (unpaired) electrons. The molecule has 0 aliphatic heterocycles. The molecule has 0 saturated carbocycles. The third kappa shape index (κ3) is 5.84. The minimum atomic E-state index is -0.956. The second kappa shape index (κ2) is 10.1. The molecule has 0 saturated heterocycles. The first-order valence-corrected chi connectivity index (χ1v) is 11.6. The molecule has 1 aliphatic carbocycles. The Morgan fingerprint density at radius 1 is 1.06 bits per heavy atom. The van der Waals surface area contributed by atoms with Crippen molar-refractivity contribution in [1.82, 2.24) is 0 Å². The molecule has 0 spiro atoms. The molecule has 33 heavy (non-hydrogen) atoms. The van der Waals surface area contributed by atoms with Gasteiger partial charge in [-0.2, -0.15) is 0 Å². The number of aliphatic hydroxyl groups excluding tert-OH is 1. The van der Waals surface area contributed by atoms with Crippen molar-refractivity contribution in [2.75, 3.05) is 19.8 Å². The largest absolute Gasteiger partial charge is 0.491 e. The van der Waals surface area contributed by atoms with Crippen LogP contribution < -0.4 is 4.74 Å². The summed E-state index contributed by atoms with van der Waals surface area (Å²) in [6.45, 7) is 12.6. The summed E-state index contributed by atoms with van der Waals surface area (Å²) in [5.74, 6) is -0.139. The molecule has 3 rings (SSSR count). The van der Waals surface area contributed by atoms with Crippen molar-refractivity contribution in [2.45, 2.75) is 64.4 Å². The second-order valence-corrected chi connectivity index (χ2v) is 9.99. The van der Waals surface area contributed by atoms with Crippen molar-refractivity contribution < 1.29 is 24.5 Å². The fourth-order valence-corrected chi connectivity index (χ4v) is 4.44. The van der Waals surface area contributed by atoms with Gasteiger partial charge >= 0.3 is 5.97 Å². The molecule has 178 valence electrons. The molecule has 0 amide bonds. The third-order valence-electron chi connectivity index (χ3n) is 6.56. The van der Waals surface area contributed by atoms with Gasteiger partial charge in [0, 0.05) is 12.2 Å². The molecule has 5 nitrogen and oxygen atoms in total. The molecule has 0 bridgehead atoms. The van der Waals surface area contributed by atoms with Gasteiger partial charge < -0.3 is 19.7 Å². The molecule has 0 fully saturated rings. The monoisotopic (exact) mass is 452 g/mol. The Morgan fingerprint density at radius 3 is 2.36 bits per heavy atom. The van der Waals surface area contributed by atoms with Crippen LogP contribution in [0.5, 0.6) is 5.75 Å². The highest BCUT2D eigenvalue weighted by Crippen LogP contribution is 2.50. The Balaban J connectivity index is 1.94. The minimum absolute atomic E-state index is 0.0169. The van der Waals surface area contributed by atoms with Crippen LogP contribution in [0.1, 0.15) is 86.2 Å². The maximum Gasteiger partial charge on any atom is 0.335 e. The van der Waals surface area contributed by atoms with Crippen LogP contribution in [-0.2, 0) is 15.6 Å². The van der Waals surface area contributed by atoms with Gasteiger partial charge in [0.25, 0.3) is 0 Å². The van der Waals surface area contributed by atoms with Gasteiger partial charge in [0.15, 0.2) is 0 Å². The van der Waals surface area contributed by atoms with Crippen molar-refractivity contribution in [3.05, 3.63) is 70.3 Å². The molecule has 5 heteroatoms. The first-order chi connectivity index (χ1) is 15.5. The molecule has 0 heterocycles. The predicted octanol–water partition coefficient (Wildman–Crippen LogP) is 5.90. The SMILES string of the molecule is CCOCCOc1cc(C(O)/C=C/c2ccc(C(=O)O)cc2)cc2c1C(C)(C)CCC2(C)C. The van der Waals surface area contributed by atoms with Gasteiger partial charge in [-0.15, -0.1) is 0 Å². The fourth-order valence-electron chi connectivity index (χ4n) is 4.44. The summed E-state index contributed by atoms with van der Waals surface area (Å²) in [6.07, 6.45) is 4.85. The Morgan fingerprint density at radius 2 is 1.73 bits per heavy atom. The zero-order valence-electron chi connectivity index (χ0n) is 20.4. The van der Waals surface area contributed by atoms with Gasteiger partial charge in [-0.25, -0.2) is 4.79 Å². The van der Waals surface area contributed by atoms with E-state index in [0.29, 0.717) is 19.8 Å². The Bertz CT molecular complexity index is 1000. The molecule has 2 N–H and O–H groups in total. The summed E-state index contributed by atoms with van der Waals surface area (Å²) in [7, 11) is 0. The number of benzene rings is 2. The van der Waals surface area contributed by atoms with Crippen molar-refractivity contribution in [3.8, 4) is 5.75 Å². The minimum Gasteiger partial charge on any atom is -0.491 e. The normalized spacial score (nSPS) is 17.5. The average molecular weight is 453 g/mol. The number of carboxylic acids is 1. The zero-order chi connectivity index (χ0) is 24.2. The van der Waals surface area contributed by atoms with Crippen LogP contribution in [0.2, 0.25) is 0 Å². The van der Waals surface area contributed by atoms with Crippen LogP contribution in [0.4, 0.5) is 0 Å². The maximum atomic E-state index is 11.0. The van der Waals surface area contributed by atoms with E-state index in [1.807, 2.05) is 13.0 Å². The smallest absolute Gasteiger partial charge is 0.335 e. The third-order valence-corrected chi connectivity index (χ3v) is 6.56. The number of aromatic carboxylic acids is 1. The highest BCUT2D eigenvalue weighted by molar-refractivity contribution is 5.87. The van der Waals surface area contributed by atoms with Gasteiger partial charge in [0.2, 0.25) is 0 Å². The van der Waals surface area contributed by atoms with Crippen LogP contribution in [0.3, 0.4) is 0 Å². The summed E-state index contributed by atoms with van der Waals surface area (Å²) >= 11 is 0. The first-order valence-electron chi connectivity index (χ1n) is 11.6. The van der Waals surface area contributed by atoms with Gasteiger partial charge in [-0.3, -0.25) is 0 Å². The summed E-state index contributed by atoms with van der Waals surface area (Å²) in [6, 6.07) is 10.6. The van der Waals surface area contributed by atoms with E-state index >= 15 is 0 Å². The number of carbonyl (C=O) groups is 1. The van der Waals surface area contributed by atoms with E-state index < -0.39 is 12.1 Å². The standard InChI is InChI=1S/C28H36O5/c1-6-32-15-16-33-24-18-21(17-22-25(24)28(4,5)14-13-27(22,2)3)23(29)12-9-19-7-10-20(11-8-19)26(30)31/h7-12,17-18,23,29H,6,13-16H2,1-5H3,(H,30,31)/b12-9+. The van der Waals surface area contributed by atoms with Crippen LogP contribution in [-0.4, -0.2) is 36.0 Å². The highest BCUT2D eigenvalue weighted by atomic mass is 16.5. The van der Waals surface area contributed by atoms with Crippen molar-refractivity contribution in [1.29, 1.82) is 0 Å². The molecule has 1 unspecified atom stereocenters. The number of rotatable bonds is 9. The van der Waals surface area contributed by atoms with Gasteiger partial charge in [-0.05, 0) is 65.5 Å². The number of hydrogen-bond acceptors (Lipinski definition) is 4. The summed E-state index contributed by atoms with van der Waals surface area (Å²) in [5.41, 5.74) is 4.25. The zero-order valence-corrected chi connectivity index (χ0v) is 20.4. The van der Waals surface area contributed by atoms with Gasteiger partial charge in [0.1, 0.15) is 12.4 Å². The van der Waals surface area contributed by atoms with Crippen LogP contribution in [0.15, 0.2) is 42.5 Å². The van der Waals surface area contributed by atoms with Crippen LogP contribution in [0.25, 0.3) is 6.08 Å². The highest BCUT2D eigenvalue weighted by Gasteiger charge is 2.40. The van der Waals surface area contributed by atoms with E-state index in [1.54, 1.807) is 36.4 Å². The Hall–Kier alpha value is -2.63. The Labute approximate surface area is 197 Å². The average Bonchev–Trinajstić information content (AvgIpc) is 2.78. The molecular formula is C28H36O5. The molecule has 0 aromatic heterocycles. The van der Waals surface area contributed by atoms with E-state index in [2.05, 4.69) is 33.8 Å². The lowest BCUT2D eigenvalue weighted by molar-refractivity contribution is 0.0697. The van der Waals surface area contributed by atoms with Crippen LogP contribution in [0, 0.1) is 0 Å². The van der Waals surface area contributed by atoms with E-state index in [-0.39, 0.29) is 16.4 Å². The lowest BCUT2D eigenvalue weighted by Gasteiger charge is -2.43. The Kier molecular flexibility index (Phi) is 7.65. The van der Waals surface area contributed by atoms with E-state index in [0.717, 1.165) is 29.7 Å². The first kappa shape index (κ1) is 25.0. The number of carboxylic acid groups (broad SMARTS) is 1. The topological polar surface area (TPSA) is 76.0 Å². The molecular weight excluding hydrogens is 416 g/mol. The maximum absolute atomic E-state index is 11.0.